The first kappa shape index (κ1) is 12.2. The van der Waals surface area contributed by atoms with Gasteiger partial charge in [0.1, 0.15) is 0 Å². The highest BCUT2D eigenvalue weighted by Gasteiger charge is 2.07. The molecule has 1 aromatic heterocycles. The number of hydrogen-bond donors (Lipinski definition) is 2. The van der Waals surface area contributed by atoms with Crippen molar-refractivity contribution in [2.45, 2.75) is 19.5 Å². The molecule has 18 heavy (non-hydrogen) atoms. The Hall–Kier alpha value is -2.30. The second kappa shape index (κ2) is 5.35. The van der Waals surface area contributed by atoms with Gasteiger partial charge >= 0.3 is 6.09 Å². The molecule has 0 saturated heterocycles. The molecule has 2 rings (SSSR count). The van der Waals surface area contributed by atoms with Crippen LogP contribution in [0.3, 0.4) is 0 Å². The molecule has 5 nitrogen and oxygen atoms in total. The van der Waals surface area contributed by atoms with Gasteiger partial charge in [0.15, 0.2) is 0 Å². The maximum absolute atomic E-state index is 10.5. The normalized spacial score (nSPS) is 12.1. The molecule has 0 spiro atoms. The van der Waals surface area contributed by atoms with E-state index in [-0.39, 0.29) is 6.04 Å². The summed E-state index contributed by atoms with van der Waals surface area (Å²) in [7, 11) is 0. The maximum Gasteiger partial charge on any atom is 0.404 e. The van der Waals surface area contributed by atoms with E-state index in [0.717, 1.165) is 11.3 Å². The van der Waals surface area contributed by atoms with Gasteiger partial charge in [-0.2, -0.15) is 5.10 Å². The summed E-state index contributed by atoms with van der Waals surface area (Å²) in [6.45, 7) is 2.32. The molecule has 1 heterocycles. The van der Waals surface area contributed by atoms with Crippen LogP contribution in [-0.2, 0) is 6.54 Å². The second-order valence-electron chi connectivity index (χ2n) is 4.14. The smallest absolute Gasteiger partial charge is 0.404 e. The quantitative estimate of drug-likeness (QED) is 0.867. The van der Waals surface area contributed by atoms with Crippen molar-refractivity contribution in [3.63, 3.8) is 0 Å². The zero-order chi connectivity index (χ0) is 13.0. The monoisotopic (exact) mass is 245 g/mol. The lowest BCUT2D eigenvalue weighted by atomic mass is 10.2. The fraction of sp³-hybridized carbons (Fsp3) is 0.231. The second-order valence-corrected chi connectivity index (χ2v) is 4.14. The Labute approximate surface area is 105 Å². The van der Waals surface area contributed by atoms with Crippen molar-refractivity contribution in [2.75, 3.05) is 0 Å². The van der Waals surface area contributed by atoms with Crippen LogP contribution in [0.5, 0.6) is 0 Å². The molecule has 0 aliphatic carbocycles. The molecule has 1 aromatic carbocycles. The minimum Gasteiger partial charge on any atom is -0.465 e. The van der Waals surface area contributed by atoms with Gasteiger partial charge in [-0.05, 0) is 13.0 Å². The summed E-state index contributed by atoms with van der Waals surface area (Å²) >= 11 is 0. The van der Waals surface area contributed by atoms with Crippen LogP contribution in [0.1, 0.15) is 6.92 Å². The molecule has 2 N–H and O–H groups in total. The Morgan fingerprint density at radius 3 is 2.78 bits per heavy atom. The lowest BCUT2D eigenvalue weighted by Gasteiger charge is -2.10. The van der Waals surface area contributed by atoms with E-state index in [1.165, 1.54) is 0 Å². The molecule has 1 atom stereocenters. The van der Waals surface area contributed by atoms with Crippen molar-refractivity contribution < 1.29 is 9.90 Å². The van der Waals surface area contributed by atoms with Gasteiger partial charge in [-0.3, -0.25) is 4.68 Å². The predicted molar refractivity (Wildman–Crippen MR) is 68.3 cm³/mol. The van der Waals surface area contributed by atoms with Crippen molar-refractivity contribution in [1.82, 2.24) is 15.1 Å². The number of amides is 1. The van der Waals surface area contributed by atoms with Crippen LogP contribution in [0.4, 0.5) is 4.79 Å². The van der Waals surface area contributed by atoms with Gasteiger partial charge in [-0.25, -0.2) is 4.79 Å². The van der Waals surface area contributed by atoms with Crippen molar-refractivity contribution in [3.8, 4) is 11.3 Å². The van der Waals surface area contributed by atoms with E-state index in [2.05, 4.69) is 10.4 Å². The molecule has 5 heteroatoms. The lowest BCUT2D eigenvalue weighted by molar-refractivity contribution is 0.189. The fourth-order valence-electron chi connectivity index (χ4n) is 1.76. The zero-order valence-electron chi connectivity index (χ0n) is 10.1. The SMILES string of the molecule is C[C@@H](Cn1ccc(-c2ccccc2)n1)NC(=O)O. The molecule has 2 aromatic rings. The number of benzene rings is 1. The Morgan fingerprint density at radius 2 is 2.11 bits per heavy atom. The first-order chi connectivity index (χ1) is 8.65. The number of rotatable bonds is 4. The van der Waals surface area contributed by atoms with Crippen LogP contribution < -0.4 is 5.32 Å². The average molecular weight is 245 g/mol. The van der Waals surface area contributed by atoms with Crippen LogP contribution in [0.2, 0.25) is 0 Å². The Kier molecular flexibility index (Phi) is 3.62. The number of carbonyl (C=O) groups is 1. The fourth-order valence-corrected chi connectivity index (χ4v) is 1.76. The minimum atomic E-state index is -1.02. The van der Waals surface area contributed by atoms with E-state index < -0.39 is 6.09 Å². The highest BCUT2D eigenvalue weighted by molar-refractivity contribution is 5.64. The minimum absolute atomic E-state index is 0.175. The molecule has 0 aliphatic heterocycles. The van der Waals surface area contributed by atoms with Gasteiger partial charge in [0.05, 0.1) is 12.2 Å². The molecular weight excluding hydrogens is 230 g/mol. The Morgan fingerprint density at radius 1 is 1.39 bits per heavy atom. The van der Waals surface area contributed by atoms with E-state index in [9.17, 15) is 4.79 Å². The summed E-state index contributed by atoms with van der Waals surface area (Å²) in [5.41, 5.74) is 1.94. The van der Waals surface area contributed by atoms with Crippen LogP contribution in [0.15, 0.2) is 42.6 Å². The zero-order valence-corrected chi connectivity index (χ0v) is 10.1. The Balaban J connectivity index is 2.05. The average Bonchev–Trinajstić information content (AvgIpc) is 2.77. The van der Waals surface area contributed by atoms with Crippen LogP contribution in [0, 0.1) is 0 Å². The van der Waals surface area contributed by atoms with Gasteiger partial charge in [0, 0.05) is 17.8 Å². The predicted octanol–water partition coefficient (Wildman–Crippen LogP) is 2.21. The highest BCUT2D eigenvalue weighted by atomic mass is 16.4. The standard InChI is InChI=1S/C13H15N3O2/c1-10(14-13(17)18)9-16-8-7-12(15-16)11-5-3-2-4-6-11/h2-8,10,14H,9H2,1H3,(H,17,18)/t10-/m0/s1. The van der Waals surface area contributed by atoms with Crippen molar-refractivity contribution >= 4 is 6.09 Å². The van der Waals surface area contributed by atoms with E-state index in [0.29, 0.717) is 6.54 Å². The maximum atomic E-state index is 10.5. The summed E-state index contributed by atoms with van der Waals surface area (Å²) < 4.78 is 1.74. The molecule has 0 aliphatic rings. The van der Waals surface area contributed by atoms with Crippen LogP contribution in [0.25, 0.3) is 11.3 Å². The third kappa shape index (κ3) is 3.10. The molecule has 0 unspecified atom stereocenters. The lowest BCUT2D eigenvalue weighted by Crippen LogP contribution is -2.34. The molecule has 1 amide bonds. The van der Waals surface area contributed by atoms with Gasteiger partial charge in [-0.15, -0.1) is 0 Å². The molecule has 0 bridgehead atoms. The number of aromatic nitrogens is 2. The number of nitrogens with zero attached hydrogens (tertiary/aromatic N) is 2. The van der Waals surface area contributed by atoms with E-state index in [1.54, 1.807) is 11.6 Å². The van der Waals surface area contributed by atoms with Gasteiger partial charge in [-0.1, -0.05) is 30.3 Å². The topological polar surface area (TPSA) is 67.2 Å². The molecule has 0 radical (unpaired) electrons. The van der Waals surface area contributed by atoms with Gasteiger partial charge < -0.3 is 10.4 Å². The van der Waals surface area contributed by atoms with Crippen molar-refractivity contribution in [3.05, 3.63) is 42.6 Å². The summed E-state index contributed by atoms with van der Waals surface area (Å²) in [5.74, 6) is 0. The molecular formula is C13H15N3O2. The largest absolute Gasteiger partial charge is 0.465 e. The Bertz CT molecular complexity index is 522. The summed E-state index contributed by atoms with van der Waals surface area (Å²) in [6.07, 6.45) is 0.834. The van der Waals surface area contributed by atoms with Crippen LogP contribution >= 0.6 is 0 Å². The van der Waals surface area contributed by atoms with Crippen LogP contribution in [-0.4, -0.2) is 27.0 Å². The number of nitrogens with one attached hydrogen (secondary N) is 1. The first-order valence-electron chi connectivity index (χ1n) is 5.73. The molecule has 94 valence electrons. The third-order valence-corrected chi connectivity index (χ3v) is 2.54. The van der Waals surface area contributed by atoms with E-state index in [1.807, 2.05) is 42.6 Å². The van der Waals surface area contributed by atoms with Crippen molar-refractivity contribution in [1.29, 1.82) is 0 Å². The van der Waals surface area contributed by atoms with E-state index in [4.69, 9.17) is 5.11 Å². The summed E-state index contributed by atoms with van der Waals surface area (Å²) in [4.78, 5) is 10.5. The van der Waals surface area contributed by atoms with Crippen molar-refractivity contribution in [2.24, 2.45) is 0 Å². The molecule has 0 saturated carbocycles. The molecule has 0 fully saturated rings. The van der Waals surface area contributed by atoms with E-state index >= 15 is 0 Å². The summed E-state index contributed by atoms with van der Waals surface area (Å²) in [6, 6.07) is 11.6. The number of hydrogen-bond acceptors (Lipinski definition) is 2. The first-order valence-corrected chi connectivity index (χ1v) is 5.73. The summed E-state index contributed by atoms with van der Waals surface area (Å²) in [5, 5.41) is 15.4. The van der Waals surface area contributed by atoms with Gasteiger partial charge in [0.2, 0.25) is 0 Å². The van der Waals surface area contributed by atoms with Gasteiger partial charge in [0.25, 0.3) is 0 Å². The highest BCUT2D eigenvalue weighted by Crippen LogP contribution is 2.15. The number of carboxylic acid groups (broad SMARTS) is 1. The third-order valence-electron chi connectivity index (χ3n) is 2.54.